The standard InChI is InChI=1S/C16H10ClN3O4/c17-15-10(6-18)14(11(7-19)16(20-15)22-4-3-21)9-1-2-12-13(5-9)24-8-23-12/h1-2,5,21H,3-4,8H2. The molecular weight excluding hydrogens is 334 g/mol. The quantitative estimate of drug-likeness (QED) is 0.848. The maximum atomic E-state index is 9.52. The number of nitrogens with zero attached hydrogens (tertiary/aromatic N) is 3. The summed E-state index contributed by atoms with van der Waals surface area (Å²) in [6, 6.07) is 8.99. The van der Waals surface area contributed by atoms with E-state index in [0.717, 1.165) is 0 Å². The molecule has 0 radical (unpaired) electrons. The van der Waals surface area contributed by atoms with Crippen LogP contribution in [0.25, 0.3) is 11.1 Å². The highest BCUT2D eigenvalue weighted by Crippen LogP contribution is 2.40. The fourth-order valence-corrected chi connectivity index (χ4v) is 2.54. The van der Waals surface area contributed by atoms with Gasteiger partial charge in [-0.2, -0.15) is 15.5 Å². The Morgan fingerprint density at radius 3 is 2.67 bits per heavy atom. The summed E-state index contributed by atoms with van der Waals surface area (Å²) in [5, 5.41) is 27.8. The molecule has 0 aliphatic carbocycles. The molecule has 0 spiro atoms. The van der Waals surface area contributed by atoms with Crippen molar-refractivity contribution in [1.29, 1.82) is 10.5 Å². The Hall–Kier alpha value is -3.00. The van der Waals surface area contributed by atoms with Gasteiger partial charge in [-0.1, -0.05) is 17.7 Å². The summed E-state index contributed by atoms with van der Waals surface area (Å²) in [5.74, 6) is 1.04. The van der Waals surface area contributed by atoms with Crippen molar-refractivity contribution in [1.82, 2.24) is 4.98 Å². The van der Waals surface area contributed by atoms with Crippen LogP contribution < -0.4 is 14.2 Å². The van der Waals surface area contributed by atoms with Gasteiger partial charge in [0.25, 0.3) is 0 Å². The fraction of sp³-hybridized carbons (Fsp3) is 0.188. The number of pyridine rings is 1. The molecule has 0 bridgehead atoms. The van der Waals surface area contributed by atoms with E-state index in [1.54, 1.807) is 18.2 Å². The molecule has 2 aromatic rings. The predicted octanol–water partition coefficient (Wildman–Crippen LogP) is 2.25. The van der Waals surface area contributed by atoms with Gasteiger partial charge in [0, 0.05) is 5.56 Å². The van der Waals surface area contributed by atoms with Gasteiger partial charge in [0.05, 0.1) is 12.2 Å². The Kier molecular flexibility index (Phi) is 4.39. The van der Waals surface area contributed by atoms with Crippen molar-refractivity contribution in [2.75, 3.05) is 20.0 Å². The molecule has 1 aliphatic heterocycles. The number of nitriles is 2. The van der Waals surface area contributed by atoms with Crippen molar-refractivity contribution in [3.63, 3.8) is 0 Å². The first kappa shape index (κ1) is 15.9. The number of halogens is 1. The van der Waals surface area contributed by atoms with Gasteiger partial charge in [0.15, 0.2) is 16.7 Å². The molecule has 8 heteroatoms. The lowest BCUT2D eigenvalue weighted by molar-refractivity contribution is 0.174. The second kappa shape index (κ2) is 6.63. The van der Waals surface area contributed by atoms with Crippen molar-refractivity contribution < 1.29 is 19.3 Å². The molecule has 24 heavy (non-hydrogen) atoms. The summed E-state index contributed by atoms with van der Waals surface area (Å²) in [5.41, 5.74) is 0.962. The van der Waals surface area contributed by atoms with Gasteiger partial charge < -0.3 is 19.3 Å². The van der Waals surface area contributed by atoms with Crippen LogP contribution in [0.15, 0.2) is 18.2 Å². The van der Waals surface area contributed by atoms with Gasteiger partial charge in [-0.15, -0.1) is 0 Å². The van der Waals surface area contributed by atoms with E-state index in [1.807, 2.05) is 12.1 Å². The molecule has 2 heterocycles. The van der Waals surface area contributed by atoms with Crippen molar-refractivity contribution in [2.45, 2.75) is 0 Å². The van der Waals surface area contributed by atoms with Crippen LogP contribution >= 0.6 is 11.6 Å². The zero-order valence-electron chi connectivity index (χ0n) is 12.2. The molecule has 0 saturated heterocycles. The minimum atomic E-state index is -0.247. The monoisotopic (exact) mass is 343 g/mol. The molecule has 1 aliphatic rings. The first-order valence-corrected chi connectivity index (χ1v) is 7.24. The Morgan fingerprint density at radius 1 is 1.21 bits per heavy atom. The number of ether oxygens (including phenoxy) is 3. The summed E-state index contributed by atoms with van der Waals surface area (Å²) in [4.78, 5) is 3.94. The SMILES string of the molecule is N#Cc1c(Cl)nc(OCCO)c(C#N)c1-c1ccc2c(c1)OCO2. The second-order valence-corrected chi connectivity index (χ2v) is 5.05. The van der Waals surface area contributed by atoms with Gasteiger partial charge >= 0.3 is 0 Å². The highest BCUT2D eigenvalue weighted by molar-refractivity contribution is 6.31. The molecule has 0 amide bonds. The molecular formula is C16H10ClN3O4. The van der Waals surface area contributed by atoms with Crippen molar-refractivity contribution in [3.8, 4) is 40.6 Å². The molecule has 1 aromatic carbocycles. The lowest BCUT2D eigenvalue weighted by atomic mass is 9.97. The molecule has 1 N–H and O–H groups in total. The summed E-state index contributed by atoms with van der Waals surface area (Å²) >= 11 is 6.07. The smallest absolute Gasteiger partial charge is 0.233 e. The van der Waals surface area contributed by atoms with Crippen LogP contribution in [0.3, 0.4) is 0 Å². The normalized spacial score (nSPS) is 11.7. The van der Waals surface area contributed by atoms with Gasteiger partial charge in [-0.25, -0.2) is 0 Å². The molecule has 7 nitrogen and oxygen atoms in total. The molecule has 0 atom stereocenters. The Morgan fingerprint density at radius 2 is 1.96 bits per heavy atom. The van der Waals surface area contributed by atoms with Gasteiger partial charge in [0.1, 0.15) is 24.3 Å². The Bertz CT molecular complexity index is 886. The highest BCUT2D eigenvalue weighted by Gasteiger charge is 2.23. The third-order valence-corrected chi connectivity index (χ3v) is 3.61. The van der Waals surface area contributed by atoms with Crippen LogP contribution in [-0.2, 0) is 0 Å². The second-order valence-electron chi connectivity index (χ2n) is 4.70. The third kappa shape index (κ3) is 2.67. The van der Waals surface area contributed by atoms with Crippen LogP contribution in [0.2, 0.25) is 5.15 Å². The Balaban J connectivity index is 2.23. The van der Waals surface area contributed by atoms with Crippen LogP contribution in [0.5, 0.6) is 17.4 Å². The van der Waals surface area contributed by atoms with Crippen LogP contribution in [0.4, 0.5) is 0 Å². The van der Waals surface area contributed by atoms with Gasteiger partial charge in [0.2, 0.25) is 12.7 Å². The van der Waals surface area contributed by atoms with Crippen molar-refractivity contribution in [2.24, 2.45) is 0 Å². The maximum absolute atomic E-state index is 9.52. The van der Waals surface area contributed by atoms with Crippen LogP contribution in [-0.4, -0.2) is 30.1 Å². The number of fused-ring (bicyclic) bond motifs is 1. The van der Waals surface area contributed by atoms with E-state index >= 15 is 0 Å². The number of benzene rings is 1. The largest absolute Gasteiger partial charge is 0.474 e. The average molecular weight is 344 g/mol. The summed E-state index contributed by atoms with van der Waals surface area (Å²) in [6.45, 7) is -0.190. The van der Waals surface area contributed by atoms with E-state index in [9.17, 15) is 10.5 Å². The molecule has 120 valence electrons. The number of rotatable bonds is 4. The molecule has 0 saturated carbocycles. The van der Waals surface area contributed by atoms with Gasteiger partial charge in [-0.3, -0.25) is 0 Å². The molecule has 0 fully saturated rings. The highest BCUT2D eigenvalue weighted by atomic mass is 35.5. The van der Waals surface area contributed by atoms with Gasteiger partial charge in [-0.05, 0) is 17.7 Å². The minimum absolute atomic E-state index is 0.0387. The molecule has 3 rings (SSSR count). The summed E-state index contributed by atoms with van der Waals surface area (Å²) in [7, 11) is 0. The van der Waals surface area contributed by atoms with Crippen molar-refractivity contribution >= 4 is 11.6 Å². The molecule has 1 aromatic heterocycles. The van der Waals surface area contributed by atoms with E-state index in [2.05, 4.69) is 4.98 Å². The topological polar surface area (TPSA) is 108 Å². The van der Waals surface area contributed by atoms with Crippen LogP contribution in [0.1, 0.15) is 11.1 Å². The zero-order valence-corrected chi connectivity index (χ0v) is 13.0. The fourth-order valence-electron chi connectivity index (χ4n) is 2.33. The number of hydrogen-bond donors (Lipinski definition) is 1. The Labute approximate surface area is 142 Å². The van der Waals surface area contributed by atoms with Crippen LogP contribution in [0, 0.1) is 22.7 Å². The number of aromatic nitrogens is 1. The first-order chi connectivity index (χ1) is 11.7. The average Bonchev–Trinajstić information content (AvgIpc) is 3.06. The zero-order chi connectivity index (χ0) is 17.1. The van der Waals surface area contributed by atoms with E-state index < -0.39 is 0 Å². The lowest BCUT2D eigenvalue weighted by Crippen LogP contribution is -2.07. The third-order valence-electron chi connectivity index (χ3n) is 3.33. The molecule has 0 unspecified atom stereocenters. The van der Waals surface area contributed by atoms with E-state index in [-0.39, 0.29) is 42.2 Å². The lowest BCUT2D eigenvalue weighted by Gasteiger charge is -2.13. The predicted molar refractivity (Wildman–Crippen MR) is 82.8 cm³/mol. The summed E-state index contributed by atoms with van der Waals surface area (Å²) in [6.07, 6.45) is 0. The minimum Gasteiger partial charge on any atom is -0.474 e. The van der Waals surface area contributed by atoms with E-state index in [4.69, 9.17) is 30.9 Å². The van der Waals surface area contributed by atoms with E-state index in [1.165, 1.54) is 0 Å². The number of hydrogen-bond acceptors (Lipinski definition) is 7. The maximum Gasteiger partial charge on any atom is 0.233 e. The van der Waals surface area contributed by atoms with E-state index in [0.29, 0.717) is 22.6 Å². The van der Waals surface area contributed by atoms with Crippen molar-refractivity contribution in [3.05, 3.63) is 34.5 Å². The number of aliphatic hydroxyl groups excluding tert-OH is 1. The number of aliphatic hydroxyl groups is 1. The first-order valence-electron chi connectivity index (χ1n) is 6.87. The summed E-state index contributed by atoms with van der Waals surface area (Å²) < 4.78 is 15.9.